The van der Waals surface area contributed by atoms with Gasteiger partial charge in [0.05, 0.1) is 26.1 Å². The molecule has 3 rings (SSSR count). The minimum Gasteiger partial charge on any atom is -0.493 e. The molecule has 0 aromatic carbocycles. The normalized spacial score (nSPS) is 10.5. The van der Waals surface area contributed by atoms with Crippen LogP contribution in [0.2, 0.25) is 0 Å². The van der Waals surface area contributed by atoms with E-state index in [2.05, 4.69) is 20.4 Å². The molecule has 0 spiro atoms. The highest BCUT2D eigenvalue weighted by Crippen LogP contribution is 2.32. The summed E-state index contributed by atoms with van der Waals surface area (Å²) >= 11 is 0. The van der Waals surface area contributed by atoms with E-state index in [0.717, 1.165) is 0 Å². The maximum atomic E-state index is 11.3. The van der Waals surface area contributed by atoms with Gasteiger partial charge in [0.25, 0.3) is 0 Å². The van der Waals surface area contributed by atoms with Gasteiger partial charge in [0.15, 0.2) is 17.1 Å². The first-order valence-electron chi connectivity index (χ1n) is 6.54. The average Bonchev–Trinajstić information content (AvgIpc) is 2.95. The molecular weight excluding hydrogens is 302 g/mol. The lowest BCUT2D eigenvalue weighted by atomic mass is 10.3. The summed E-state index contributed by atoms with van der Waals surface area (Å²) < 4.78 is 11.6. The Bertz CT molecular complexity index is 859. The fraction of sp³-hybridized carbons (Fsp3) is 0.143. The van der Waals surface area contributed by atoms with Gasteiger partial charge >= 0.3 is 5.97 Å². The molecule has 0 amide bonds. The molecule has 0 aliphatic rings. The summed E-state index contributed by atoms with van der Waals surface area (Å²) in [7, 11) is 2.93. The molecule has 3 aromatic rings. The van der Waals surface area contributed by atoms with E-state index in [1.54, 1.807) is 18.3 Å². The molecule has 118 valence electrons. The molecule has 0 saturated carbocycles. The Balaban J connectivity index is 2.07. The fourth-order valence-electron chi connectivity index (χ4n) is 2.15. The van der Waals surface area contributed by atoms with Gasteiger partial charge in [-0.05, 0) is 6.07 Å². The van der Waals surface area contributed by atoms with Gasteiger partial charge in [-0.2, -0.15) is 5.10 Å². The number of carboxylic acid groups (broad SMARTS) is 1. The average molecular weight is 315 g/mol. The van der Waals surface area contributed by atoms with Gasteiger partial charge in [-0.3, -0.25) is 0 Å². The van der Waals surface area contributed by atoms with E-state index in [1.807, 2.05) is 0 Å². The molecule has 0 radical (unpaired) electrons. The number of carboxylic acids is 1. The second-order valence-corrected chi connectivity index (χ2v) is 4.50. The molecule has 9 nitrogen and oxygen atoms in total. The van der Waals surface area contributed by atoms with Gasteiger partial charge in [0.2, 0.25) is 5.88 Å². The number of aromatic nitrogens is 4. The van der Waals surface area contributed by atoms with Crippen molar-refractivity contribution in [3.8, 4) is 11.6 Å². The predicted molar refractivity (Wildman–Crippen MR) is 80.6 cm³/mol. The SMILES string of the molecule is COc1ccc(Nc2ncnn3cc(C(=O)O)c(OC)c23)cn1. The molecule has 23 heavy (non-hydrogen) atoms. The number of nitrogens with one attached hydrogen (secondary N) is 1. The molecule has 0 bridgehead atoms. The zero-order valence-corrected chi connectivity index (χ0v) is 12.3. The fourth-order valence-corrected chi connectivity index (χ4v) is 2.15. The number of aromatic carboxylic acids is 1. The summed E-state index contributed by atoms with van der Waals surface area (Å²) in [5.41, 5.74) is 1.08. The molecule has 0 aliphatic carbocycles. The highest BCUT2D eigenvalue weighted by atomic mass is 16.5. The highest BCUT2D eigenvalue weighted by molar-refractivity contribution is 5.97. The summed E-state index contributed by atoms with van der Waals surface area (Å²) in [5, 5.41) is 16.3. The van der Waals surface area contributed by atoms with Crippen LogP contribution in [0.4, 0.5) is 11.5 Å². The first-order valence-corrected chi connectivity index (χ1v) is 6.54. The molecule has 0 aliphatic heterocycles. The van der Waals surface area contributed by atoms with Crippen molar-refractivity contribution in [2.75, 3.05) is 19.5 Å². The molecule has 0 fully saturated rings. The summed E-state index contributed by atoms with van der Waals surface area (Å²) in [6.45, 7) is 0. The second kappa shape index (κ2) is 5.79. The van der Waals surface area contributed by atoms with Gasteiger partial charge in [-0.15, -0.1) is 0 Å². The maximum Gasteiger partial charge on any atom is 0.341 e. The Morgan fingerprint density at radius 1 is 1.26 bits per heavy atom. The number of ether oxygens (including phenoxy) is 2. The molecule has 3 aromatic heterocycles. The molecule has 2 N–H and O–H groups in total. The zero-order valence-electron chi connectivity index (χ0n) is 12.3. The number of anilines is 2. The standard InChI is InChI=1S/C14H13N5O4/c1-22-10-4-3-8(5-15-10)18-13-11-12(23-2)9(14(20)21)6-19(11)17-7-16-13/h3-7H,1-2H3,(H,20,21)(H,16,17,18). The minimum atomic E-state index is -1.11. The zero-order chi connectivity index (χ0) is 16.4. The quantitative estimate of drug-likeness (QED) is 0.730. The third-order valence-corrected chi connectivity index (χ3v) is 3.17. The maximum absolute atomic E-state index is 11.3. The van der Waals surface area contributed by atoms with Crippen molar-refractivity contribution in [1.82, 2.24) is 19.6 Å². The molecular formula is C14H13N5O4. The van der Waals surface area contributed by atoms with Crippen LogP contribution in [0.1, 0.15) is 10.4 Å². The van der Waals surface area contributed by atoms with Crippen LogP contribution >= 0.6 is 0 Å². The van der Waals surface area contributed by atoms with Crippen molar-refractivity contribution in [3.63, 3.8) is 0 Å². The topological polar surface area (TPSA) is 111 Å². The van der Waals surface area contributed by atoms with Gasteiger partial charge in [0.1, 0.15) is 11.9 Å². The Kier molecular flexibility index (Phi) is 3.67. The predicted octanol–water partition coefficient (Wildman–Crippen LogP) is 1.58. The molecule has 9 heteroatoms. The van der Waals surface area contributed by atoms with Crippen molar-refractivity contribution >= 4 is 23.0 Å². The van der Waals surface area contributed by atoms with Crippen molar-refractivity contribution < 1.29 is 19.4 Å². The molecule has 0 atom stereocenters. The van der Waals surface area contributed by atoms with E-state index in [4.69, 9.17) is 9.47 Å². The van der Waals surface area contributed by atoms with Crippen LogP contribution in [-0.2, 0) is 0 Å². The Morgan fingerprint density at radius 3 is 2.70 bits per heavy atom. The number of pyridine rings is 1. The van der Waals surface area contributed by atoms with Gasteiger partial charge in [0, 0.05) is 12.3 Å². The largest absolute Gasteiger partial charge is 0.493 e. The number of rotatable bonds is 5. The summed E-state index contributed by atoms with van der Waals surface area (Å²) in [4.78, 5) is 19.5. The van der Waals surface area contributed by atoms with E-state index in [1.165, 1.54) is 31.3 Å². The number of carbonyl (C=O) groups is 1. The van der Waals surface area contributed by atoms with Crippen LogP contribution in [0.15, 0.2) is 30.9 Å². The third-order valence-electron chi connectivity index (χ3n) is 3.17. The first-order chi connectivity index (χ1) is 11.1. The van der Waals surface area contributed by atoms with Crippen LogP contribution in [0.25, 0.3) is 5.52 Å². The number of methoxy groups -OCH3 is 2. The van der Waals surface area contributed by atoms with Crippen molar-refractivity contribution in [2.45, 2.75) is 0 Å². The lowest BCUT2D eigenvalue weighted by molar-refractivity contribution is 0.0693. The van der Waals surface area contributed by atoms with E-state index in [0.29, 0.717) is 22.9 Å². The number of hydrogen-bond donors (Lipinski definition) is 2. The Morgan fingerprint density at radius 2 is 2.09 bits per heavy atom. The van der Waals surface area contributed by atoms with Crippen molar-refractivity contribution in [3.05, 3.63) is 36.4 Å². The Hall–Kier alpha value is -3.36. The molecule has 3 heterocycles. The second-order valence-electron chi connectivity index (χ2n) is 4.50. The molecule has 0 saturated heterocycles. The Labute approximate surface area is 130 Å². The third kappa shape index (κ3) is 2.59. The van der Waals surface area contributed by atoms with Gasteiger partial charge < -0.3 is 19.9 Å². The van der Waals surface area contributed by atoms with Crippen LogP contribution < -0.4 is 14.8 Å². The molecule has 0 unspecified atom stereocenters. The summed E-state index contributed by atoms with van der Waals surface area (Å²) in [5.74, 6) is -0.0420. The van der Waals surface area contributed by atoms with E-state index in [9.17, 15) is 9.90 Å². The van der Waals surface area contributed by atoms with Crippen LogP contribution in [0.3, 0.4) is 0 Å². The van der Waals surface area contributed by atoms with Crippen LogP contribution in [0, 0.1) is 0 Å². The highest BCUT2D eigenvalue weighted by Gasteiger charge is 2.21. The minimum absolute atomic E-state index is 0.00362. The van der Waals surface area contributed by atoms with Gasteiger partial charge in [-0.25, -0.2) is 19.3 Å². The van der Waals surface area contributed by atoms with E-state index < -0.39 is 5.97 Å². The monoisotopic (exact) mass is 315 g/mol. The number of fused-ring (bicyclic) bond motifs is 1. The van der Waals surface area contributed by atoms with Crippen LogP contribution in [-0.4, -0.2) is 44.9 Å². The summed E-state index contributed by atoms with van der Waals surface area (Å²) in [6.07, 6.45) is 4.26. The summed E-state index contributed by atoms with van der Waals surface area (Å²) in [6, 6.07) is 3.46. The number of nitrogens with zero attached hydrogens (tertiary/aromatic N) is 4. The van der Waals surface area contributed by atoms with Crippen molar-refractivity contribution in [2.24, 2.45) is 0 Å². The first kappa shape index (κ1) is 14.6. The lowest BCUT2D eigenvalue weighted by Crippen LogP contribution is -2.01. The van der Waals surface area contributed by atoms with E-state index >= 15 is 0 Å². The van der Waals surface area contributed by atoms with E-state index in [-0.39, 0.29) is 11.3 Å². The van der Waals surface area contributed by atoms with Crippen LogP contribution in [0.5, 0.6) is 11.6 Å². The van der Waals surface area contributed by atoms with Gasteiger partial charge in [-0.1, -0.05) is 0 Å². The van der Waals surface area contributed by atoms with Crippen molar-refractivity contribution in [1.29, 1.82) is 0 Å². The number of hydrogen-bond acceptors (Lipinski definition) is 7. The smallest absolute Gasteiger partial charge is 0.341 e. The lowest BCUT2D eigenvalue weighted by Gasteiger charge is -2.08.